The molecule has 3 nitrogen and oxygen atoms in total. The second kappa shape index (κ2) is 4.20. The van der Waals surface area contributed by atoms with Gasteiger partial charge < -0.3 is 5.32 Å². The van der Waals surface area contributed by atoms with E-state index in [0.29, 0.717) is 5.11 Å². The summed E-state index contributed by atoms with van der Waals surface area (Å²) in [5.41, 5.74) is 2.17. The Hall–Kier alpha value is -1.13. The van der Waals surface area contributed by atoms with E-state index in [4.69, 9.17) is 18.1 Å². The van der Waals surface area contributed by atoms with Crippen molar-refractivity contribution >= 4 is 23.0 Å². The molecule has 0 amide bonds. The van der Waals surface area contributed by atoms with Gasteiger partial charge in [-0.05, 0) is 31.3 Å². The fourth-order valence-electron chi connectivity index (χ4n) is 0.849. The summed E-state index contributed by atoms with van der Waals surface area (Å²) >= 11 is 4.98. The van der Waals surface area contributed by atoms with E-state index in [1.165, 1.54) is 10.6 Å². The molecule has 0 spiro atoms. The maximum Gasteiger partial charge on any atom is 0.187 e. The lowest BCUT2D eigenvalue weighted by Gasteiger charge is -2.14. The zero-order valence-electron chi connectivity index (χ0n) is 7.74. The van der Waals surface area contributed by atoms with Crippen LogP contribution in [0.5, 0.6) is 0 Å². The van der Waals surface area contributed by atoms with Crippen LogP contribution in [0.15, 0.2) is 24.3 Å². The molecule has 0 aromatic heterocycles. The van der Waals surface area contributed by atoms with E-state index in [-0.39, 0.29) is 0 Å². The smallest absolute Gasteiger partial charge is 0.187 e. The quantitative estimate of drug-likeness (QED) is 0.405. The van der Waals surface area contributed by atoms with E-state index >= 15 is 0 Å². The van der Waals surface area contributed by atoms with Crippen molar-refractivity contribution in [1.82, 2.24) is 5.01 Å². The second-order valence-electron chi connectivity index (χ2n) is 2.91. The highest BCUT2D eigenvalue weighted by molar-refractivity contribution is 7.80. The zero-order chi connectivity index (χ0) is 9.84. The molecule has 0 radical (unpaired) electrons. The van der Waals surface area contributed by atoms with Gasteiger partial charge in [0.1, 0.15) is 0 Å². The Morgan fingerprint density at radius 1 is 1.38 bits per heavy atom. The lowest BCUT2D eigenvalue weighted by atomic mass is 10.2. The maximum absolute atomic E-state index is 5.44. The predicted molar refractivity (Wildman–Crippen MR) is 59.4 cm³/mol. The zero-order valence-corrected chi connectivity index (χ0v) is 8.56. The molecule has 70 valence electrons. The first-order valence-electron chi connectivity index (χ1n) is 3.95. The number of aryl methyl sites for hydroxylation is 1. The number of thiocarbonyl (C=S) groups is 1. The summed E-state index contributed by atoms with van der Waals surface area (Å²) in [5.74, 6) is 5.44. The summed E-state index contributed by atoms with van der Waals surface area (Å²) in [4.78, 5) is 0. The van der Waals surface area contributed by atoms with Gasteiger partial charge in [-0.25, -0.2) is 5.84 Å². The molecule has 1 aromatic carbocycles. The SMILES string of the molecule is Cc1ccc(NC(=S)N(C)N)cc1. The number of benzene rings is 1. The standard InChI is InChI=1S/C9H13N3S/c1-7-3-5-8(6-4-7)11-9(13)12(2)10/h3-6H,10H2,1-2H3,(H,11,13). The third-order valence-corrected chi connectivity index (χ3v) is 2.01. The Morgan fingerprint density at radius 3 is 2.38 bits per heavy atom. The van der Waals surface area contributed by atoms with Crippen molar-refractivity contribution in [1.29, 1.82) is 0 Å². The van der Waals surface area contributed by atoms with E-state index in [2.05, 4.69) is 5.32 Å². The number of nitrogens with zero attached hydrogens (tertiary/aromatic N) is 1. The molecular formula is C9H13N3S. The van der Waals surface area contributed by atoms with Gasteiger partial charge >= 0.3 is 0 Å². The van der Waals surface area contributed by atoms with Crippen LogP contribution < -0.4 is 11.2 Å². The van der Waals surface area contributed by atoms with E-state index in [1.54, 1.807) is 7.05 Å². The maximum atomic E-state index is 5.44. The minimum Gasteiger partial charge on any atom is -0.332 e. The van der Waals surface area contributed by atoms with Gasteiger partial charge in [-0.1, -0.05) is 17.7 Å². The van der Waals surface area contributed by atoms with Crippen molar-refractivity contribution in [2.45, 2.75) is 6.92 Å². The van der Waals surface area contributed by atoms with Gasteiger partial charge in [0.25, 0.3) is 0 Å². The first-order valence-corrected chi connectivity index (χ1v) is 4.36. The molecular weight excluding hydrogens is 182 g/mol. The molecule has 0 aliphatic carbocycles. The average molecular weight is 195 g/mol. The Bertz CT molecular complexity index is 292. The lowest BCUT2D eigenvalue weighted by Crippen LogP contribution is -2.36. The van der Waals surface area contributed by atoms with Crippen LogP contribution in [-0.4, -0.2) is 17.2 Å². The molecule has 0 aliphatic heterocycles. The minimum absolute atomic E-state index is 0.504. The summed E-state index contributed by atoms with van der Waals surface area (Å²) in [7, 11) is 1.70. The Labute approximate surface area is 83.5 Å². The summed E-state index contributed by atoms with van der Waals surface area (Å²) in [6.07, 6.45) is 0. The first kappa shape index (κ1) is 9.95. The van der Waals surface area contributed by atoms with Gasteiger partial charge in [0, 0.05) is 12.7 Å². The van der Waals surface area contributed by atoms with Crippen molar-refractivity contribution in [3.63, 3.8) is 0 Å². The molecule has 1 aromatic rings. The minimum atomic E-state index is 0.504. The number of hydrogen-bond donors (Lipinski definition) is 2. The molecule has 13 heavy (non-hydrogen) atoms. The van der Waals surface area contributed by atoms with E-state index in [0.717, 1.165) is 5.69 Å². The Morgan fingerprint density at radius 2 is 1.92 bits per heavy atom. The third kappa shape index (κ3) is 3.01. The van der Waals surface area contributed by atoms with Crippen LogP contribution >= 0.6 is 12.2 Å². The highest BCUT2D eigenvalue weighted by Crippen LogP contribution is 2.08. The van der Waals surface area contributed by atoms with Gasteiger partial charge in [0.05, 0.1) is 0 Å². The van der Waals surface area contributed by atoms with Crippen molar-refractivity contribution in [2.75, 3.05) is 12.4 Å². The van der Waals surface area contributed by atoms with Crippen molar-refractivity contribution in [3.8, 4) is 0 Å². The molecule has 0 saturated carbocycles. The van der Waals surface area contributed by atoms with E-state index in [9.17, 15) is 0 Å². The molecule has 0 unspecified atom stereocenters. The number of nitrogens with two attached hydrogens (primary N) is 1. The topological polar surface area (TPSA) is 41.3 Å². The van der Waals surface area contributed by atoms with Crippen LogP contribution in [0.3, 0.4) is 0 Å². The number of nitrogens with one attached hydrogen (secondary N) is 1. The van der Waals surface area contributed by atoms with Gasteiger partial charge in [-0.15, -0.1) is 0 Å². The summed E-state index contributed by atoms with van der Waals surface area (Å²) in [5, 5.41) is 4.87. The van der Waals surface area contributed by atoms with Crippen LogP contribution in [0.1, 0.15) is 5.56 Å². The number of hydrazine groups is 1. The highest BCUT2D eigenvalue weighted by Gasteiger charge is 1.98. The fraction of sp³-hybridized carbons (Fsp3) is 0.222. The normalized spacial score (nSPS) is 9.46. The van der Waals surface area contributed by atoms with Crippen molar-refractivity contribution in [3.05, 3.63) is 29.8 Å². The summed E-state index contributed by atoms with van der Waals surface area (Å²) in [6, 6.07) is 7.96. The van der Waals surface area contributed by atoms with Gasteiger partial charge in [0.15, 0.2) is 5.11 Å². The molecule has 0 fully saturated rings. The molecule has 0 saturated heterocycles. The van der Waals surface area contributed by atoms with Crippen LogP contribution in [-0.2, 0) is 0 Å². The van der Waals surface area contributed by atoms with Crippen LogP contribution in [0.25, 0.3) is 0 Å². The molecule has 4 heteroatoms. The van der Waals surface area contributed by atoms with Crippen LogP contribution in [0.4, 0.5) is 5.69 Å². The van der Waals surface area contributed by atoms with Crippen LogP contribution in [0.2, 0.25) is 0 Å². The Balaban J connectivity index is 2.65. The molecule has 1 rings (SSSR count). The molecule has 0 bridgehead atoms. The third-order valence-electron chi connectivity index (χ3n) is 1.62. The Kier molecular flexibility index (Phi) is 3.22. The van der Waals surface area contributed by atoms with Crippen molar-refractivity contribution in [2.24, 2.45) is 5.84 Å². The van der Waals surface area contributed by atoms with Gasteiger partial charge in [-0.3, -0.25) is 5.01 Å². The van der Waals surface area contributed by atoms with Crippen molar-refractivity contribution < 1.29 is 0 Å². The van der Waals surface area contributed by atoms with E-state index < -0.39 is 0 Å². The molecule has 3 N–H and O–H groups in total. The highest BCUT2D eigenvalue weighted by atomic mass is 32.1. The fourth-order valence-corrected chi connectivity index (χ4v) is 0.966. The molecule has 0 heterocycles. The summed E-state index contributed by atoms with van der Waals surface area (Å²) < 4.78 is 0. The molecule has 0 atom stereocenters. The van der Waals surface area contributed by atoms with E-state index in [1.807, 2.05) is 31.2 Å². The largest absolute Gasteiger partial charge is 0.332 e. The van der Waals surface area contributed by atoms with Gasteiger partial charge in [0.2, 0.25) is 0 Å². The van der Waals surface area contributed by atoms with Crippen LogP contribution in [0, 0.1) is 6.92 Å². The summed E-state index contributed by atoms with van der Waals surface area (Å²) in [6.45, 7) is 2.04. The number of hydrogen-bond acceptors (Lipinski definition) is 2. The van der Waals surface area contributed by atoms with Gasteiger partial charge in [-0.2, -0.15) is 0 Å². The molecule has 0 aliphatic rings. The predicted octanol–water partition coefficient (Wildman–Crippen LogP) is 1.50. The number of rotatable bonds is 1. The first-order chi connectivity index (χ1) is 6.09. The number of anilines is 1. The average Bonchev–Trinajstić information content (AvgIpc) is 2.08. The monoisotopic (exact) mass is 195 g/mol. The second-order valence-corrected chi connectivity index (χ2v) is 3.29. The lowest BCUT2D eigenvalue weighted by molar-refractivity contribution is 0.548.